The van der Waals surface area contributed by atoms with Gasteiger partial charge in [-0.15, -0.1) is 0 Å². The van der Waals surface area contributed by atoms with Gasteiger partial charge < -0.3 is 14.8 Å². The van der Waals surface area contributed by atoms with Crippen LogP contribution >= 0.6 is 0 Å². The molecule has 1 N–H and O–H groups in total. The molecule has 2 atom stereocenters. The second kappa shape index (κ2) is 7.36. The van der Waals surface area contributed by atoms with Crippen molar-refractivity contribution in [2.45, 2.75) is 38.3 Å². The van der Waals surface area contributed by atoms with Gasteiger partial charge in [0.25, 0.3) is 5.69 Å². The molecule has 7 nitrogen and oxygen atoms in total. The third-order valence-corrected chi connectivity index (χ3v) is 3.85. The van der Waals surface area contributed by atoms with Gasteiger partial charge >= 0.3 is 5.97 Å². The van der Waals surface area contributed by atoms with Gasteiger partial charge in [-0.2, -0.15) is 0 Å². The minimum atomic E-state index is -0.844. The van der Waals surface area contributed by atoms with Crippen LogP contribution < -0.4 is 5.32 Å². The first-order valence-corrected chi connectivity index (χ1v) is 7.40. The molecule has 1 fully saturated rings. The normalized spacial score (nSPS) is 20.3. The number of esters is 1. The monoisotopic (exact) mass is 326 g/mol. The van der Waals surface area contributed by atoms with Crippen molar-refractivity contribution in [2.75, 3.05) is 19.0 Å². The molecule has 1 aromatic rings. The highest BCUT2D eigenvalue weighted by Crippen LogP contribution is 2.31. The Balaban J connectivity index is 2.32. The van der Waals surface area contributed by atoms with Crippen LogP contribution in [0.15, 0.2) is 12.1 Å². The van der Waals surface area contributed by atoms with E-state index in [4.69, 9.17) is 9.47 Å². The molecule has 2 unspecified atom stereocenters. The van der Waals surface area contributed by atoms with Gasteiger partial charge in [-0.1, -0.05) is 0 Å². The van der Waals surface area contributed by atoms with Crippen LogP contribution in [0.25, 0.3) is 0 Å². The number of rotatable bonds is 6. The minimum Gasteiger partial charge on any atom is -0.462 e. The van der Waals surface area contributed by atoms with Crippen molar-refractivity contribution >= 4 is 17.3 Å². The van der Waals surface area contributed by atoms with Crippen LogP contribution in [0.5, 0.6) is 0 Å². The zero-order valence-electron chi connectivity index (χ0n) is 13.0. The topological polar surface area (TPSA) is 90.7 Å². The Hall–Kier alpha value is -2.22. The van der Waals surface area contributed by atoms with Crippen molar-refractivity contribution in [3.05, 3.63) is 33.6 Å². The van der Waals surface area contributed by atoms with E-state index in [-0.39, 0.29) is 30.0 Å². The molecule has 23 heavy (non-hydrogen) atoms. The number of halogens is 1. The maximum absolute atomic E-state index is 14.3. The Bertz CT molecular complexity index is 608. The molecule has 0 heterocycles. The van der Waals surface area contributed by atoms with Crippen LogP contribution in [-0.4, -0.2) is 36.8 Å². The molecular weight excluding hydrogens is 307 g/mol. The van der Waals surface area contributed by atoms with Crippen molar-refractivity contribution in [3.63, 3.8) is 0 Å². The molecular formula is C15H19FN2O5. The van der Waals surface area contributed by atoms with Crippen molar-refractivity contribution in [2.24, 2.45) is 0 Å². The minimum absolute atomic E-state index is 0.0594. The summed E-state index contributed by atoms with van der Waals surface area (Å²) in [5.74, 6) is -1.64. The zero-order valence-corrected chi connectivity index (χ0v) is 13.0. The quantitative estimate of drug-likeness (QED) is 0.491. The van der Waals surface area contributed by atoms with Gasteiger partial charge in [0.1, 0.15) is 0 Å². The number of benzene rings is 1. The number of hydrogen-bond donors (Lipinski definition) is 1. The highest BCUT2D eigenvalue weighted by molar-refractivity contribution is 5.96. The molecule has 0 aliphatic heterocycles. The molecule has 1 aromatic carbocycles. The van der Waals surface area contributed by atoms with E-state index in [2.05, 4.69) is 5.32 Å². The zero-order chi connectivity index (χ0) is 17.0. The summed E-state index contributed by atoms with van der Waals surface area (Å²) >= 11 is 0. The predicted octanol–water partition coefficient (Wildman–Crippen LogP) is 2.89. The third kappa shape index (κ3) is 3.95. The van der Waals surface area contributed by atoms with Gasteiger partial charge in [-0.25, -0.2) is 9.18 Å². The summed E-state index contributed by atoms with van der Waals surface area (Å²) in [4.78, 5) is 22.1. The molecule has 0 radical (unpaired) electrons. The molecule has 0 spiro atoms. The van der Waals surface area contributed by atoms with E-state index in [1.165, 1.54) is 0 Å². The number of nitro groups is 1. The Kier molecular flexibility index (Phi) is 5.49. The van der Waals surface area contributed by atoms with Crippen molar-refractivity contribution in [3.8, 4) is 0 Å². The fourth-order valence-corrected chi connectivity index (χ4v) is 2.70. The van der Waals surface area contributed by atoms with E-state index in [0.717, 1.165) is 25.0 Å². The number of anilines is 1. The van der Waals surface area contributed by atoms with Gasteiger partial charge in [-0.05, 0) is 26.2 Å². The van der Waals surface area contributed by atoms with E-state index >= 15 is 0 Å². The molecule has 1 aliphatic rings. The molecule has 126 valence electrons. The second-order valence-corrected chi connectivity index (χ2v) is 5.34. The lowest BCUT2D eigenvalue weighted by Gasteiger charge is -2.17. The second-order valence-electron chi connectivity index (χ2n) is 5.34. The average Bonchev–Trinajstić information content (AvgIpc) is 2.96. The smallest absolute Gasteiger partial charge is 0.340 e. The van der Waals surface area contributed by atoms with Crippen LogP contribution in [0.3, 0.4) is 0 Å². The van der Waals surface area contributed by atoms with Crippen LogP contribution in [0.4, 0.5) is 15.8 Å². The lowest BCUT2D eigenvalue weighted by molar-refractivity contribution is -0.385. The first-order chi connectivity index (χ1) is 11.0. The SMILES string of the molecule is CCOC(=O)c1cc([N+](=O)[O-])cc(F)c1NC1CCC(OC)C1. The van der Waals surface area contributed by atoms with Gasteiger partial charge in [0.2, 0.25) is 0 Å². The fraction of sp³-hybridized carbons (Fsp3) is 0.533. The van der Waals surface area contributed by atoms with Crippen LogP contribution in [0.1, 0.15) is 36.5 Å². The van der Waals surface area contributed by atoms with Crippen molar-refractivity contribution in [1.29, 1.82) is 0 Å². The first kappa shape index (κ1) is 17.1. The van der Waals surface area contributed by atoms with E-state index in [0.29, 0.717) is 6.42 Å². The summed E-state index contributed by atoms with van der Waals surface area (Å²) in [6.45, 7) is 1.70. The molecule has 0 aromatic heterocycles. The summed E-state index contributed by atoms with van der Waals surface area (Å²) in [7, 11) is 1.61. The summed E-state index contributed by atoms with van der Waals surface area (Å²) in [6.07, 6.45) is 2.35. The van der Waals surface area contributed by atoms with E-state index in [1.807, 2.05) is 0 Å². The average molecular weight is 326 g/mol. The number of nitrogens with one attached hydrogen (secondary N) is 1. The van der Waals surface area contributed by atoms with Crippen LogP contribution in [-0.2, 0) is 9.47 Å². The van der Waals surface area contributed by atoms with Crippen molar-refractivity contribution < 1.29 is 23.6 Å². The number of nitrogens with zero attached hydrogens (tertiary/aromatic N) is 1. The largest absolute Gasteiger partial charge is 0.462 e. The highest BCUT2D eigenvalue weighted by Gasteiger charge is 2.28. The number of methoxy groups -OCH3 is 1. The molecule has 0 amide bonds. The number of carbonyl (C=O) groups is 1. The van der Waals surface area contributed by atoms with Crippen LogP contribution in [0.2, 0.25) is 0 Å². The fourth-order valence-electron chi connectivity index (χ4n) is 2.70. The van der Waals surface area contributed by atoms with Gasteiger partial charge in [0, 0.05) is 19.2 Å². The maximum atomic E-state index is 14.3. The van der Waals surface area contributed by atoms with Gasteiger partial charge in [0.05, 0.1) is 35.0 Å². The molecule has 8 heteroatoms. The molecule has 0 saturated heterocycles. The summed E-state index contributed by atoms with van der Waals surface area (Å²) in [5.41, 5.74) is -0.715. The maximum Gasteiger partial charge on any atom is 0.340 e. The predicted molar refractivity (Wildman–Crippen MR) is 81.1 cm³/mol. The number of nitro benzene ring substituents is 1. The number of hydrogen-bond acceptors (Lipinski definition) is 6. The number of ether oxygens (including phenoxy) is 2. The Morgan fingerprint density at radius 3 is 2.78 bits per heavy atom. The van der Waals surface area contributed by atoms with E-state index < -0.39 is 22.4 Å². The molecule has 0 bridgehead atoms. The van der Waals surface area contributed by atoms with Gasteiger partial charge in [-0.3, -0.25) is 10.1 Å². The van der Waals surface area contributed by atoms with Crippen molar-refractivity contribution in [1.82, 2.24) is 0 Å². The molecule has 1 saturated carbocycles. The summed E-state index contributed by atoms with van der Waals surface area (Å²) in [6, 6.07) is 1.77. The molecule has 2 rings (SSSR count). The highest BCUT2D eigenvalue weighted by atomic mass is 19.1. The van der Waals surface area contributed by atoms with E-state index in [9.17, 15) is 19.3 Å². The lowest BCUT2D eigenvalue weighted by Crippen LogP contribution is -2.21. The number of carbonyl (C=O) groups excluding carboxylic acids is 1. The Labute approximate surface area is 132 Å². The summed E-state index contributed by atoms with van der Waals surface area (Å²) in [5, 5.41) is 13.8. The molecule has 1 aliphatic carbocycles. The van der Waals surface area contributed by atoms with Gasteiger partial charge in [0.15, 0.2) is 5.82 Å². The standard InChI is InChI=1S/C15H19FN2O5/c1-3-23-15(19)12-7-10(18(20)21)8-13(16)14(12)17-9-4-5-11(6-9)22-2/h7-9,11,17H,3-6H2,1-2H3. The lowest BCUT2D eigenvalue weighted by atomic mass is 10.1. The number of non-ortho nitro benzene ring substituents is 1. The summed E-state index contributed by atoms with van der Waals surface area (Å²) < 4.78 is 24.4. The third-order valence-electron chi connectivity index (χ3n) is 3.85. The Morgan fingerprint density at radius 2 is 2.22 bits per heavy atom. The van der Waals surface area contributed by atoms with Crippen LogP contribution in [0, 0.1) is 15.9 Å². The first-order valence-electron chi connectivity index (χ1n) is 7.40. The Morgan fingerprint density at radius 1 is 1.48 bits per heavy atom. The van der Waals surface area contributed by atoms with E-state index in [1.54, 1.807) is 14.0 Å².